The summed E-state index contributed by atoms with van der Waals surface area (Å²) < 4.78 is 0. The standard InChI is InChI=1S/C26H26N6O3S3/c1-13(2)20-23(35)27-14(3)24-30-18(11-36-24)26-31-19(12-38-26)25-29-17(10-37-25)22(34)28-16(21(33)32-20)9-15-7-5-4-6-8-15/h4-8,10-14,16,20H,9H2,1-3H3,(H,27,35)(H,28,34)(H,32,33)/t14-,16-,20+/m1/s1. The molecule has 38 heavy (non-hydrogen) atoms. The maximum absolute atomic E-state index is 13.5. The molecule has 1 aliphatic heterocycles. The van der Waals surface area contributed by atoms with Gasteiger partial charge in [0, 0.05) is 22.6 Å². The van der Waals surface area contributed by atoms with Gasteiger partial charge in [-0.25, -0.2) is 15.0 Å². The van der Waals surface area contributed by atoms with Gasteiger partial charge >= 0.3 is 0 Å². The summed E-state index contributed by atoms with van der Waals surface area (Å²) in [6.45, 7) is 5.59. The summed E-state index contributed by atoms with van der Waals surface area (Å²) >= 11 is 4.20. The highest BCUT2D eigenvalue weighted by Crippen LogP contribution is 2.32. The second-order valence-electron chi connectivity index (χ2n) is 9.32. The molecule has 3 aromatic heterocycles. The predicted octanol–water partition coefficient (Wildman–Crippen LogP) is 4.06. The Hall–Kier alpha value is -3.48. The Morgan fingerprint density at radius 1 is 0.789 bits per heavy atom. The van der Waals surface area contributed by atoms with Crippen molar-refractivity contribution in [2.24, 2.45) is 5.92 Å². The van der Waals surface area contributed by atoms with Crippen LogP contribution < -0.4 is 16.0 Å². The van der Waals surface area contributed by atoms with Crippen molar-refractivity contribution in [1.29, 1.82) is 0 Å². The number of rotatable bonds is 3. The van der Waals surface area contributed by atoms with Crippen LogP contribution in [-0.2, 0) is 16.0 Å². The molecule has 1 aliphatic rings. The zero-order chi connectivity index (χ0) is 26.8. The van der Waals surface area contributed by atoms with E-state index in [2.05, 4.69) is 25.9 Å². The van der Waals surface area contributed by atoms with E-state index < -0.39 is 23.9 Å². The van der Waals surface area contributed by atoms with Gasteiger partial charge in [-0.15, -0.1) is 34.0 Å². The predicted molar refractivity (Wildman–Crippen MR) is 149 cm³/mol. The number of benzene rings is 1. The van der Waals surface area contributed by atoms with Crippen molar-refractivity contribution < 1.29 is 14.4 Å². The lowest BCUT2D eigenvalue weighted by Crippen LogP contribution is -2.56. The summed E-state index contributed by atoms with van der Waals surface area (Å²) in [6.07, 6.45) is 0.260. The summed E-state index contributed by atoms with van der Waals surface area (Å²) in [7, 11) is 0. The number of amides is 3. The van der Waals surface area contributed by atoms with Crippen molar-refractivity contribution in [3.05, 3.63) is 62.7 Å². The number of hydrogen-bond acceptors (Lipinski definition) is 9. The molecule has 0 fully saturated rings. The van der Waals surface area contributed by atoms with E-state index in [4.69, 9.17) is 4.98 Å². The lowest BCUT2D eigenvalue weighted by atomic mass is 10.0. The van der Waals surface area contributed by atoms with E-state index in [1.807, 2.05) is 61.9 Å². The number of nitrogens with zero attached hydrogens (tertiary/aromatic N) is 3. The van der Waals surface area contributed by atoms with Crippen LogP contribution in [0.4, 0.5) is 0 Å². The maximum Gasteiger partial charge on any atom is 0.271 e. The largest absolute Gasteiger partial charge is 0.345 e. The second-order valence-corrected chi connectivity index (χ2v) is 11.9. The topological polar surface area (TPSA) is 126 Å². The summed E-state index contributed by atoms with van der Waals surface area (Å²) in [6, 6.07) is 7.35. The van der Waals surface area contributed by atoms with Gasteiger partial charge in [-0.3, -0.25) is 14.4 Å². The van der Waals surface area contributed by atoms with E-state index in [1.54, 1.807) is 5.38 Å². The molecule has 6 bridgehead atoms. The number of carbonyl (C=O) groups is 3. The molecule has 4 aromatic rings. The van der Waals surface area contributed by atoms with Gasteiger partial charge in [-0.2, -0.15) is 0 Å². The molecule has 196 valence electrons. The van der Waals surface area contributed by atoms with Gasteiger partial charge in [-0.1, -0.05) is 44.2 Å². The quantitative estimate of drug-likeness (QED) is 0.343. The van der Waals surface area contributed by atoms with E-state index in [-0.39, 0.29) is 30.0 Å². The third-order valence-electron chi connectivity index (χ3n) is 6.08. The van der Waals surface area contributed by atoms with E-state index in [1.165, 1.54) is 34.0 Å². The third-order valence-corrected chi connectivity index (χ3v) is 8.84. The number of nitrogens with one attached hydrogen (secondary N) is 3. The minimum Gasteiger partial charge on any atom is -0.345 e. The first-order valence-corrected chi connectivity index (χ1v) is 14.7. The summed E-state index contributed by atoms with van der Waals surface area (Å²) in [5.41, 5.74) is 2.46. The van der Waals surface area contributed by atoms with E-state index in [9.17, 15) is 14.4 Å². The smallest absolute Gasteiger partial charge is 0.271 e. The normalized spacial score (nSPS) is 20.3. The minimum atomic E-state index is -0.909. The number of fused-ring (bicyclic) bond motifs is 8. The molecular weight excluding hydrogens is 541 g/mol. The first kappa shape index (κ1) is 26.1. The first-order valence-electron chi connectivity index (χ1n) is 12.1. The Bertz CT molecular complexity index is 1460. The Labute approximate surface area is 231 Å². The first-order chi connectivity index (χ1) is 18.3. The SMILES string of the molecule is CC(C)[C@@H]1NC(=O)[C@@H](Cc2ccccc2)NC(=O)c2csc(n2)-c2csc(n2)-c2csc(n2)[C@@H](C)NC1=O. The fourth-order valence-electron chi connectivity index (χ4n) is 4.01. The molecule has 3 atom stereocenters. The van der Waals surface area contributed by atoms with Crippen LogP contribution in [0.1, 0.15) is 47.9 Å². The zero-order valence-electron chi connectivity index (χ0n) is 20.9. The number of carbonyl (C=O) groups excluding carboxylic acids is 3. The molecule has 3 amide bonds. The van der Waals surface area contributed by atoms with Crippen LogP contribution in [0.3, 0.4) is 0 Å². The second kappa shape index (κ2) is 11.1. The number of hydrogen-bond donors (Lipinski definition) is 3. The molecule has 3 N–H and O–H groups in total. The Kier molecular flexibility index (Phi) is 7.63. The molecule has 0 saturated heterocycles. The fourth-order valence-corrected chi connectivity index (χ4v) is 6.50. The highest BCUT2D eigenvalue weighted by molar-refractivity contribution is 7.16. The maximum atomic E-state index is 13.5. The highest BCUT2D eigenvalue weighted by Gasteiger charge is 2.31. The van der Waals surface area contributed by atoms with Crippen LogP contribution >= 0.6 is 34.0 Å². The number of thiazole rings is 3. The Morgan fingerprint density at radius 3 is 2.13 bits per heavy atom. The van der Waals surface area contributed by atoms with E-state index in [0.29, 0.717) is 10.7 Å². The fraction of sp³-hybridized carbons (Fsp3) is 0.308. The van der Waals surface area contributed by atoms with Gasteiger partial charge in [0.2, 0.25) is 11.8 Å². The third kappa shape index (κ3) is 5.66. The molecule has 12 heteroatoms. The van der Waals surface area contributed by atoms with Gasteiger partial charge in [0.25, 0.3) is 5.91 Å². The van der Waals surface area contributed by atoms with Crippen LogP contribution in [0.15, 0.2) is 46.5 Å². The van der Waals surface area contributed by atoms with Gasteiger partial charge in [0.1, 0.15) is 44.2 Å². The highest BCUT2D eigenvalue weighted by atomic mass is 32.1. The van der Waals surface area contributed by atoms with Crippen molar-refractivity contribution in [1.82, 2.24) is 30.9 Å². The molecule has 9 nitrogen and oxygen atoms in total. The minimum absolute atomic E-state index is 0.188. The van der Waals surface area contributed by atoms with Gasteiger partial charge in [0.15, 0.2) is 0 Å². The average molecular weight is 567 g/mol. The van der Waals surface area contributed by atoms with Crippen LogP contribution in [0, 0.1) is 5.92 Å². The van der Waals surface area contributed by atoms with Crippen molar-refractivity contribution in [3.63, 3.8) is 0 Å². The van der Waals surface area contributed by atoms with Gasteiger partial charge in [0.05, 0.1) is 6.04 Å². The summed E-state index contributed by atoms with van der Waals surface area (Å²) in [5.74, 6) is -1.42. The number of aromatic nitrogens is 3. The van der Waals surface area contributed by atoms with Gasteiger partial charge < -0.3 is 16.0 Å². The lowest BCUT2D eigenvalue weighted by Gasteiger charge is -2.26. The summed E-state index contributed by atoms with van der Waals surface area (Å²) in [5, 5.41) is 16.2. The van der Waals surface area contributed by atoms with Crippen molar-refractivity contribution in [2.45, 2.75) is 45.3 Å². The lowest BCUT2D eigenvalue weighted by molar-refractivity contribution is -0.131. The molecule has 5 rings (SSSR count). The average Bonchev–Trinajstić information content (AvgIpc) is 3.66. The molecule has 4 heterocycles. The molecule has 0 saturated carbocycles. The van der Waals surface area contributed by atoms with Crippen LogP contribution in [0.5, 0.6) is 0 Å². The van der Waals surface area contributed by atoms with Crippen LogP contribution in [0.25, 0.3) is 21.4 Å². The summed E-state index contributed by atoms with van der Waals surface area (Å²) in [4.78, 5) is 53.8. The van der Waals surface area contributed by atoms with Gasteiger partial charge in [-0.05, 0) is 18.4 Å². The van der Waals surface area contributed by atoms with Crippen molar-refractivity contribution in [2.75, 3.05) is 0 Å². The molecular formula is C26H26N6O3S3. The monoisotopic (exact) mass is 566 g/mol. The van der Waals surface area contributed by atoms with Crippen LogP contribution in [0.2, 0.25) is 0 Å². The molecule has 0 aliphatic carbocycles. The Balaban J connectivity index is 1.52. The molecule has 0 unspecified atom stereocenters. The Morgan fingerprint density at radius 2 is 1.42 bits per heavy atom. The van der Waals surface area contributed by atoms with Crippen molar-refractivity contribution in [3.8, 4) is 21.4 Å². The van der Waals surface area contributed by atoms with Crippen molar-refractivity contribution >= 4 is 51.7 Å². The van der Waals surface area contributed by atoms with Crippen LogP contribution in [-0.4, -0.2) is 44.8 Å². The molecule has 0 radical (unpaired) electrons. The van der Waals surface area contributed by atoms with E-state index in [0.717, 1.165) is 21.3 Å². The zero-order valence-corrected chi connectivity index (χ0v) is 23.4. The molecule has 1 aromatic carbocycles. The molecule has 0 spiro atoms. The van der Waals surface area contributed by atoms with E-state index >= 15 is 0 Å².